The summed E-state index contributed by atoms with van der Waals surface area (Å²) in [6.45, 7) is 5.38. The molecule has 1 aliphatic rings. The first kappa shape index (κ1) is 18.2. The predicted molar refractivity (Wildman–Crippen MR) is 89.8 cm³/mol. The van der Waals surface area contributed by atoms with Gasteiger partial charge in [0.15, 0.2) is 0 Å². The number of hydrogen-bond donors (Lipinski definition) is 2. The Labute approximate surface area is 141 Å². The molecular weight excluding hydrogens is 309 g/mol. The van der Waals surface area contributed by atoms with Gasteiger partial charge in [0.2, 0.25) is 5.91 Å². The highest BCUT2D eigenvalue weighted by Crippen LogP contribution is 2.15. The molecule has 2 N–H and O–H groups in total. The van der Waals surface area contributed by atoms with Gasteiger partial charge >= 0.3 is 0 Å². The lowest BCUT2D eigenvalue weighted by molar-refractivity contribution is -0.124. The summed E-state index contributed by atoms with van der Waals surface area (Å²) in [6, 6.07) is 1.26. The summed E-state index contributed by atoms with van der Waals surface area (Å²) < 4.78 is 13.2. The fraction of sp³-hybridized carbons (Fsp3) is 0.529. The van der Waals surface area contributed by atoms with Crippen LogP contribution in [0.1, 0.15) is 31.7 Å². The molecule has 2 rings (SSSR count). The van der Waals surface area contributed by atoms with E-state index in [2.05, 4.69) is 20.3 Å². The normalized spacial score (nSPS) is 16.8. The van der Waals surface area contributed by atoms with E-state index in [1.807, 2.05) is 6.92 Å². The van der Waals surface area contributed by atoms with Crippen molar-refractivity contribution in [1.82, 2.24) is 15.2 Å². The van der Waals surface area contributed by atoms with Crippen LogP contribution in [-0.2, 0) is 4.79 Å². The SMILES string of the molecule is CC(CCN1CCCC1)C(=O)NC/C=C(\N=N)c1cncc(F)c1. The van der Waals surface area contributed by atoms with Gasteiger partial charge in [0.1, 0.15) is 5.82 Å². The first-order valence-electron chi connectivity index (χ1n) is 8.28. The minimum absolute atomic E-state index is 0.0212. The summed E-state index contributed by atoms with van der Waals surface area (Å²) in [5.74, 6) is -0.569. The smallest absolute Gasteiger partial charge is 0.223 e. The minimum Gasteiger partial charge on any atom is -0.352 e. The number of pyridine rings is 1. The number of amides is 1. The van der Waals surface area contributed by atoms with Crippen molar-refractivity contribution in [3.63, 3.8) is 0 Å². The van der Waals surface area contributed by atoms with Gasteiger partial charge in [-0.1, -0.05) is 6.92 Å². The lowest BCUT2D eigenvalue weighted by Crippen LogP contribution is -2.32. The molecule has 1 fully saturated rings. The average Bonchev–Trinajstić information content (AvgIpc) is 3.10. The Kier molecular flexibility index (Phi) is 6.99. The number of nitrogens with one attached hydrogen (secondary N) is 2. The summed E-state index contributed by atoms with van der Waals surface area (Å²) >= 11 is 0. The molecule has 1 amide bonds. The Hall–Kier alpha value is -2.15. The molecule has 0 aliphatic carbocycles. The fourth-order valence-electron chi connectivity index (χ4n) is 2.72. The van der Waals surface area contributed by atoms with Gasteiger partial charge in [-0.05, 0) is 51.0 Å². The molecule has 0 spiro atoms. The van der Waals surface area contributed by atoms with Crippen LogP contribution >= 0.6 is 0 Å². The summed E-state index contributed by atoms with van der Waals surface area (Å²) in [4.78, 5) is 18.2. The lowest BCUT2D eigenvalue weighted by atomic mass is 10.1. The molecule has 1 aromatic rings. The molecule has 0 saturated carbocycles. The van der Waals surface area contributed by atoms with E-state index in [-0.39, 0.29) is 24.1 Å². The van der Waals surface area contributed by atoms with Crippen LogP contribution in [0.3, 0.4) is 0 Å². The monoisotopic (exact) mass is 333 g/mol. The highest BCUT2D eigenvalue weighted by molar-refractivity contribution is 5.78. The number of halogens is 1. The van der Waals surface area contributed by atoms with E-state index in [4.69, 9.17) is 5.53 Å². The predicted octanol–water partition coefficient (Wildman–Crippen LogP) is 2.83. The van der Waals surface area contributed by atoms with Crippen molar-refractivity contribution in [3.8, 4) is 0 Å². The first-order valence-corrected chi connectivity index (χ1v) is 8.28. The van der Waals surface area contributed by atoms with Crippen LogP contribution in [-0.4, -0.2) is 42.0 Å². The number of likely N-dealkylation sites (tertiary alicyclic amines) is 1. The lowest BCUT2D eigenvalue weighted by Gasteiger charge is -2.17. The second kappa shape index (κ2) is 9.22. The van der Waals surface area contributed by atoms with Crippen molar-refractivity contribution in [2.75, 3.05) is 26.2 Å². The number of carbonyl (C=O) groups is 1. The maximum Gasteiger partial charge on any atom is 0.223 e. The van der Waals surface area contributed by atoms with Crippen molar-refractivity contribution >= 4 is 11.6 Å². The van der Waals surface area contributed by atoms with Crippen LogP contribution in [0.4, 0.5) is 4.39 Å². The van der Waals surface area contributed by atoms with Gasteiger partial charge < -0.3 is 10.2 Å². The van der Waals surface area contributed by atoms with E-state index in [9.17, 15) is 9.18 Å². The maximum absolute atomic E-state index is 13.2. The van der Waals surface area contributed by atoms with Crippen LogP contribution in [0.25, 0.3) is 5.70 Å². The third kappa shape index (κ3) is 5.49. The van der Waals surface area contributed by atoms with Crippen LogP contribution in [0.15, 0.2) is 29.7 Å². The molecule has 24 heavy (non-hydrogen) atoms. The van der Waals surface area contributed by atoms with Gasteiger partial charge in [-0.25, -0.2) is 9.92 Å². The van der Waals surface area contributed by atoms with Crippen molar-refractivity contribution in [2.24, 2.45) is 11.0 Å². The van der Waals surface area contributed by atoms with Gasteiger partial charge in [0.25, 0.3) is 0 Å². The number of rotatable bonds is 8. The average molecular weight is 333 g/mol. The van der Waals surface area contributed by atoms with Gasteiger partial charge in [0, 0.05) is 24.2 Å². The summed E-state index contributed by atoms with van der Waals surface area (Å²) in [5, 5.41) is 6.19. The molecule has 1 atom stereocenters. The molecule has 1 saturated heterocycles. The first-order chi connectivity index (χ1) is 11.6. The quantitative estimate of drug-likeness (QED) is 0.718. The summed E-state index contributed by atoms with van der Waals surface area (Å²) in [5.41, 5.74) is 7.89. The Morgan fingerprint density at radius 2 is 2.25 bits per heavy atom. The molecule has 0 radical (unpaired) electrons. The fourth-order valence-corrected chi connectivity index (χ4v) is 2.72. The molecule has 1 aromatic heterocycles. The largest absolute Gasteiger partial charge is 0.352 e. The van der Waals surface area contributed by atoms with Gasteiger partial charge in [0.05, 0.1) is 11.9 Å². The van der Waals surface area contributed by atoms with E-state index in [0.29, 0.717) is 5.56 Å². The van der Waals surface area contributed by atoms with Crippen molar-refractivity contribution in [2.45, 2.75) is 26.2 Å². The van der Waals surface area contributed by atoms with Crippen molar-refractivity contribution in [1.29, 1.82) is 5.53 Å². The number of aromatic nitrogens is 1. The van der Waals surface area contributed by atoms with Gasteiger partial charge in [-0.15, -0.1) is 0 Å². The highest BCUT2D eigenvalue weighted by atomic mass is 19.1. The molecule has 130 valence electrons. The van der Waals surface area contributed by atoms with E-state index in [1.54, 1.807) is 6.08 Å². The van der Waals surface area contributed by atoms with Crippen LogP contribution in [0.5, 0.6) is 0 Å². The zero-order valence-electron chi connectivity index (χ0n) is 14.0. The Morgan fingerprint density at radius 1 is 1.50 bits per heavy atom. The highest BCUT2D eigenvalue weighted by Gasteiger charge is 2.16. The van der Waals surface area contributed by atoms with Gasteiger partial charge in [-0.2, -0.15) is 5.11 Å². The number of carbonyl (C=O) groups excluding carboxylic acids is 1. The van der Waals surface area contributed by atoms with Crippen LogP contribution in [0.2, 0.25) is 0 Å². The maximum atomic E-state index is 13.2. The Bertz CT molecular complexity index is 598. The van der Waals surface area contributed by atoms with Crippen LogP contribution < -0.4 is 5.32 Å². The molecule has 6 nitrogen and oxygen atoms in total. The van der Waals surface area contributed by atoms with Crippen molar-refractivity contribution < 1.29 is 9.18 Å². The third-order valence-electron chi connectivity index (χ3n) is 4.22. The molecule has 7 heteroatoms. The van der Waals surface area contributed by atoms with E-state index in [1.165, 1.54) is 25.1 Å². The Morgan fingerprint density at radius 3 is 2.92 bits per heavy atom. The zero-order valence-corrected chi connectivity index (χ0v) is 14.0. The van der Waals surface area contributed by atoms with E-state index >= 15 is 0 Å². The number of hydrogen-bond acceptors (Lipinski definition) is 5. The van der Waals surface area contributed by atoms with E-state index < -0.39 is 5.82 Å². The second-order valence-corrected chi connectivity index (χ2v) is 6.08. The molecule has 0 bridgehead atoms. The minimum atomic E-state index is -0.485. The second-order valence-electron chi connectivity index (χ2n) is 6.08. The number of nitrogens with zero attached hydrogens (tertiary/aromatic N) is 3. The third-order valence-corrected chi connectivity index (χ3v) is 4.22. The molecule has 2 heterocycles. The molecule has 1 aliphatic heterocycles. The summed E-state index contributed by atoms with van der Waals surface area (Å²) in [6.07, 6.45) is 7.45. The van der Waals surface area contributed by atoms with Crippen LogP contribution in [0, 0.1) is 17.3 Å². The Balaban J connectivity index is 1.79. The molecule has 0 aromatic carbocycles. The molecule has 1 unspecified atom stereocenters. The zero-order chi connectivity index (χ0) is 17.4. The summed E-state index contributed by atoms with van der Waals surface area (Å²) in [7, 11) is 0. The van der Waals surface area contributed by atoms with Gasteiger partial charge in [-0.3, -0.25) is 9.78 Å². The van der Waals surface area contributed by atoms with Crippen molar-refractivity contribution in [3.05, 3.63) is 35.9 Å². The molecular formula is C17H24FN5O. The topological polar surface area (TPSA) is 81.4 Å². The standard InChI is InChI=1S/C17H24FN5O/c1-13(5-9-23-7-2-3-8-23)17(24)21-6-4-16(22-19)14-10-15(18)12-20-11-14/h4,10-13,19H,2-3,5-9H2,1H3,(H,21,24)/b16-4-,22-19?. The van der Waals surface area contributed by atoms with E-state index in [0.717, 1.165) is 32.3 Å².